The van der Waals surface area contributed by atoms with Crippen LogP contribution in [0.1, 0.15) is 36.0 Å². The lowest BCUT2D eigenvalue weighted by molar-refractivity contribution is 0.0594. The van der Waals surface area contributed by atoms with Crippen molar-refractivity contribution in [3.05, 3.63) is 60.6 Å². The molecular weight excluding hydrogens is 340 g/mol. The van der Waals surface area contributed by atoms with Crippen LogP contribution < -0.4 is 10.1 Å². The van der Waals surface area contributed by atoms with Crippen LogP contribution in [0.2, 0.25) is 0 Å². The van der Waals surface area contributed by atoms with Gasteiger partial charge in [0, 0.05) is 44.4 Å². The Labute approximate surface area is 159 Å². The molecule has 4 rings (SSSR count). The van der Waals surface area contributed by atoms with E-state index in [2.05, 4.69) is 27.4 Å². The Bertz CT molecular complexity index is 776. The van der Waals surface area contributed by atoms with Gasteiger partial charge in [0.25, 0.3) is 5.91 Å². The molecule has 2 aromatic rings. The second kappa shape index (κ2) is 8.20. The van der Waals surface area contributed by atoms with Crippen molar-refractivity contribution in [2.75, 3.05) is 18.4 Å². The molecule has 6 heteroatoms. The largest absolute Gasteiger partial charge is 0.489 e. The summed E-state index contributed by atoms with van der Waals surface area (Å²) in [6.07, 6.45) is 13.3. The van der Waals surface area contributed by atoms with E-state index in [1.165, 1.54) is 0 Å². The average Bonchev–Trinajstić information content (AvgIpc) is 3.22. The van der Waals surface area contributed by atoms with Gasteiger partial charge in [-0.15, -0.1) is 0 Å². The molecule has 27 heavy (non-hydrogen) atoms. The maximum absolute atomic E-state index is 12.7. The summed E-state index contributed by atoms with van der Waals surface area (Å²) in [6.45, 7) is 1.38. The minimum absolute atomic E-state index is 0.0383. The molecule has 0 aromatic carbocycles. The van der Waals surface area contributed by atoms with Gasteiger partial charge in [0.1, 0.15) is 17.7 Å². The first-order valence-corrected chi connectivity index (χ1v) is 9.51. The predicted molar refractivity (Wildman–Crippen MR) is 104 cm³/mol. The van der Waals surface area contributed by atoms with Crippen molar-refractivity contribution in [2.45, 2.75) is 37.8 Å². The maximum Gasteiger partial charge on any atom is 0.255 e. The topological polar surface area (TPSA) is 67.4 Å². The fourth-order valence-corrected chi connectivity index (χ4v) is 3.52. The number of rotatable bonds is 5. The molecule has 0 radical (unpaired) electrons. The molecule has 0 unspecified atom stereocenters. The number of likely N-dealkylation sites (tertiary alicyclic amines) is 1. The molecule has 0 atom stereocenters. The van der Waals surface area contributed by atoms with Crippen LogP contribution in [0.3, 0.4) is 0 Å². The lowest BCUT2D eigenvalue weighted by Gasteiger charge is -2.32. The van der Waals surface area contributed by atoms with Gasteiger partial charge in [0.05, 0.1) is 11.8 Å². The summed E-state index contributed by atoms with van der Waals surface area (Å²) >= 11 is 0. The van der Waals surface area contributed by atoms with Crippen molar-refractivity contribution < 1.29 is 9.53 Å². The van der Waals surface area contributed by atoms with Crippen molar-refractivity contribution in [3.8, 4) is 5.75 Å². The molecule has 1 aliphatic heterocycles. The van der Waals surface area contributed by atoms with Gasteiger partial charge in [-0.05, 0) is 37.1 Å². The van der Waals surface area contributed by atoms with Crippen LogP contribution >= 0.6 is 0 Å². The number of aromatic nitrogens is 2. The number of nitrogens with zero attached hydrogens (tertiary/aromatic N) is 3. The third kappa shape index (κ3) is 4.45. The van der Waals surface area contributed by atoms with E-state index in [1.807, 2.05) is 29.2 Å². The Morgan fingerprint density at radius 2 is 1.93 bits per heavy atom. The summed E-state index contributed by atoms with van der Waals surface area (Å²) in [5, 5.41) is 3.40. The zero-order valence-electron chi connectivity index (χ0n) is 15.3. The second-order valence-corrected chi connectivity index (χ2v) is 7.01. The molecule has 0 bridgehead atoms. The Morgan fingerprint density at radius 1 is 1.11 bits per heavy atom. The highest BCUT2D eigenvalue weighted by molar-refractivity contribution is 5.94. The van der Waals surface area contributed by atoms with E-state index < -0.39 is 0 Å². The SMILES string of the molecule is O=C(c1ccc(NC2CC=CC2)nc1)N1CCC(Oc2cccnc2)CC1. The minimum Gasteiger partial charge on any atom is -0.489 e. The number of carbonyl (C=O) groups is 1. The van der Waals surface area contributed by atoms with Gasteiger partial charge in [-0.3, -0.25) is 9.78 Å². The molecule has 1 fully saturated rings. The molecule has 6 nitrogen and oxygen atoms in total. The molecule has 1 saturated heterocycles. The smallest absolute Gasteiger partial charge is 0.255 e. The lowest BCUT2D eigenvalue weighted by atomic mass is 10.1. The average molecular weight is 364 g/mol. The number of anilines is 1. The van der Waals surface area contributed by atoms with Crippen molar-refractivity contribution in [1.82, 2.24) is 14.9 Å². The summed E-state index contributed by atoms with van der Waals surface area (Å²) in [5.41, 5.74) is 0.636. The van der Waals surface area contributed by atoms with Gasteiger partial charge < -0.3 is 15.0 Å². The highest BCUT2D eigenvalue weighted by atomic mass is 16.5. The van der Waals surface area contributed by atoms with Crippen LogP contribution in [0.25, 0.3) is 0 Å². The summed E-state index contributed by atoms with van der Waals surface area (Å²) < 4.78 is 5.94. The molecule has 2 aliphatic rings. The maximum atomic E-state index is 12.7. The van der Waals surface area contributed by atoms with Crippen LogP contribution in [0.4, 0.5) is 5.82 Å². The first-order valence-electron chi connectivity index (χ1n) is 9.51. The number of amides is 1. The van der Waals surface area contributed by atoms with Crippen molar-refractivity contribution in [2.24, 2.45) is 0 Å². The predicted octanol–water partition coefficient (Wildman–Crippen LogP) is 3.29. The Hall–Kier alpha value is -2.89. The summed E-state index contributed by atoms with van der Waals surface area (Å²) in [6, 6.07) is 7.94. The number of hydrogen-bond donors (Lipinski definition) is 1. The van der Waals surface area contributed by atoms with Gasteiger partial charge >= 0.3 is 0 Å². The third-order valence-corrected chi connectivity index (χ3v) is 5.04. The van der Waals surface area contributed by atoms with E-state index in [0.29, 0.717) is 24.7 Å². The first-order chi connectivity index (χ1) is 13.3. The van der Waals surface area contributed by atoms with E-state index >= 15 is 0 Å². The molecule has 3 heterocycles. The molecule has 2 aromatic heterocycles. The van der Waals surface area contributed by atoms with Crippen LogP contribution in [0.15, 0.2) is 55.0 Å². The molecule has 0 spiro atoms. The standard InChI is InChI=1S/C21H24N4O2/c26-21(16-7-8-20(23-14-16)24-17-4-1-2-5-17)25-12-9-18(10-13-25)27-19-6-3-11-22-15-19/h1-3,6-8,11,14-15,17-18H,4-5,9-10,12-13H2,(H,23,24). The quantitative estimate of drug-likeness (QED) is 0.825. The van der Waals surface area contributed by atoms with Crippen LogP contribution in [0.5, 0.6) is 5.75 Å². The summed E-state index contributed by atoms with van der Waals surface area (Å²) in [5.74, 6) is 1.65. The number of pyridine rings is 2. The van der Waals surface area contributed by atoms with Gasteiger partial charge in [-0.25, -0.2) is 4.98 Å². The van der Waals surface area contributed by atoms with E-state index in [1.54, 1.807) is 18.6 Å². The molecule has 140 valence electrons. The number of piperidine rings is 1. The number of nitrogens with one attached hydrogen (secondary N) is 1. The molecule has 1 N–H and O–H groups in total. The highest BCUT2D eigenvalue weighted by Gasteiger charge is 2.25. The van der Waals surface area contributed by atoms with E-state index in [0.717, 1.165) is 37.3 Å². The van der Waals surface area contributed by atoms with Gasteiger partial charge in [-0.1, -0.05) is 12.2 Å². The third-order valence-electron chi connectivity index (χ3n) is 5.04. The monoisotopic (exact) mass is 364 g/mol. The molecular formula is C21H24N4O2. The van der Waals surface area contributed by atoms with Crippen LogP contribution in [0, 0.1) is 0 Å². The second-order valence-electron chi connectivity index (χ2n) is 7.01. The molecule has 0 saturated carbocycles. The van der Waals surface area contributed by atoms with Gasteiger partial charge in [-0.2, -0.15) is 0 Å². The zero-order valence-corrected chi connectivity index (χ0v) is 15.3. The Morgan fingerprint density at radius 3 is 2.59 bits per heavy atom. The normalized spacial score (nSPS) is 17.9. The van der Waals surface area contributed by atoms with Gasteiger partial charge in [0.2, 0.25) is 0 Å². The Balaban J connectivity index is 1.28. The number of ether oxygens (including phenoxy) is 1. The number of carbonyl (C=O) groups excluding carboxylic acids is 1. The van der Waals surface area contributed by atoms with E-state index in [4.69, 9.17) is 4.74 Å². The van der Waals surface area contributed by atoms with Crippen LogP contribution in [-0.2, 0) is 0 Å². The van der Waals surface area contributed by atoms with Crippen molar-refractivity contribution in [3.63, 3.8) is 0 Å². The van der Waals surface area contributed by atoms with E-state index in [-0.39, 0.29) is 12.0 Å². The van der Waals surface area contributed by atoms with E-state index in [9.17, 15) is 4.79 Å². The van der Waals surface area contributed by atoms with Crippen LogP contribution in [-0.4, -0.2) is 46.0 Å². The highest BCUT2D eigenvalue weighted by Crippen LogP contribution is 2.20. The lowest BCUT2D eigenvalue weighted by Crippen LogP contribution is -2.41. The van der Waals surface area contributed by atoms with Crippen molar-refractivity contribution in [1.29, 1.82) is 0 Å². The van der Waals surface area contributed by atoms with Crippen molar-refractivity contribution >= 4 is 11.7 Å². The number of hydrogen-bond acceptors (Lipinski definition) is 5. The zero-order chi connectivity index (χ0) is 18.5. The summed E-state index contributed by atoms with van der Waals surface area (Å²) in [4.78, 5) is 23.1. The Kier molecular flexibility index (Phi) is 5.32. The fraction of sp³-hybridized carbons (Fsp3) is 0.381. The molecule has 1 amide bonds. The molecule has 1 aliphatic carbocycles. The minimum atomic E-state index is 0.0383. The first kappa shape index (κ1) is 17.5. The fourth-order valence-electron chi connectivity index (χ4n) is 3.52. The summed E-state index contributed by atoms with van der Waals surface area (Å²) in [7, 11) is 0. The van der Waals surface area contributed by atoms with Gasteiger partial charge in [0.15, 0.2) is 0 Å².